The highest BCUT2D eigenvalue weighted by molar-refractivity contribution is 5.31. The molecule has 112 valence electrons. The second-order valence-corrected chi connectivity index (χ2v) is 5.85. The molecule has 0 radical (unpaired) electrons. The first-order valence-electron chi connectivity index (χ1n) is 7.25. The molecule has 1 aliphatic rings. The number of ether oxygens (including phenoxy) is 2. The van der Waals surface area contributed by atoms with E-state index in [1.807, 2.05) is 24.3 Å². The Kier molecular flexibility index (Phi) is 4.89. The van der Waals surface area contributed by atoms with Crippen molar-refractivity contribution in [3.05, 3.63) is 24.3 Å². The molecule has 1 saturated carbocycles. The van der Waals surface area contributed by atoms with Gasteiger partial charge in [0.15, 0.2) is 0 Å². The van der Waals surface area contributed by atoms with Gasteiger partial charge in [0, 0.05) is 6.04 Å². The van der Waals surface area contributed by atoms with Gasteiger partial charge in [-0.05, 0) is 43.0 Å². The molecule has 2 rings (SSSR count). The summed E-state index contributed by atoms with van der Waals surface area (Å²) in [5.41, 5.74) is -0.325. The molecule has 0 bridgehead atoms. The fourth-order valence-electron chi connectivity index (χ4n) is 2.59. The smallest absolute Gasteiger partial charge is 0.119 e. The minimum Gasteiger partial charge on any atom is -0.497 e. The third-order valence-corrected chi connectivity index (χ3v) is 3.77. The summed E-state index contributed by atoms with van der Waals surface area (Å²) >= 11 is 0. The monoisotopic (exact) mass is 279 g/mol. The summed E-state index contributed by atoms with van der Waals surface area (Å²) < 4.78 is 11.0. The zero-order valence-corrected chi connectivity index (χ0v) is 12.6. The van der Waals surface area contributed by atoms with E-state index in [4.69, 9.17) is 9.47 Å². The average Bonchev–Trinajstić information content (AvgIpc) is 3.28. The number of nitrogens with one attached hydrogen (secondary N) is 1. The number of hydrogen-bond acceptors (Lipinski definition) is 4. The van der Waals surface area contributed by atoms with E-state index in [1.54, 1.807) is 7.11 Å². The molecule has 4 nitrogen and oxygen atoms in total. The second kappa shape index (κ2) is 6.46. The van der Waals surface area contributed by atoms with Crippen molar-refractivity contribution in [3.8, 4) is 11.5 Å². The highest BCUT2D eigenvalue weighted by Gasteiger charge is 2.45. The number of methoxy groups -OCH3 is 1. The van der Waals surface area contributed by atoms with Crippen molar-refractivity contribution in [1.29, 1.82) is 0 Å². The van der Waals surface area contributed by atoms with Crippen molar-refractivity contribution in [3.63, 3.8) is 0 Å². The SMILES string of the molecule is COc1ccc(OCC(CO)(NC(C)C)C2CC2)cc1. The predicted octanol–water partition coefficient (Wildman–Crippen LogP) is 2.21. The van der Waals surface area contributed by atoms with Gasteiger partial charge in [-0.15, -0.1) is 0 Å². The third-order valence-electron chi connectivity index (χ3n) is 3.77. The molecule has 0 spiro atoms. The van der Waals surface area contributed by atoms with Crippen molar-refractivity contribution in [2.45, 2.75) is 38.3 Å². The maximum absolute atomic E-state index is 9.83. The summed E-state index contributed by atoms with van der Waals surface area (Å²) in [5, 5.41) is 13.3. The van der Waals surface area contributed by atoms with E-state index in [1.165, 1.54) is 0 Å². The van der Waals surface area contributed by atoms with Gasteiger partial charge in [-0.3, -0.25) is 0 Å². The number of rotatable bonds is 8. The van der Waals surface area contributed by atoms with Crippen LogP contribution in [0.5, 0.6) is 11.5 Å². The van der Waals surface area contributed by atoms with Crippen LogP contribution >= 0.6 is 0 Å². The Labute approximate surface area is 121 Å². The van der Waals surface area contributed by atoms with Gasteiger partial charge in [-0.2, -0.15) is 0 Å². The molecular formula is C16H25NO3. The first-order valence-corrected chi connectivity index (χ1v) is 7.25. The average molecular weight is 279 g/mol. The van der Waals surface area contributed by atoms with Crippen LogP contribution in [0, 0.1) is 5.92 Å². The summed E-state index contributed by atoms with van der Waals surface area (Å²) in [4.78, 5) is 0. The van der Waals surface area contributed by atoms with Crippen molar-refractivity contribution >= 4 is 0 Å². The largest absolute Gasteiger partial charge is 0.497 e. The first kappa shape index (κ1) is 15.1. The van der Waals surface area contributed by atoms with Gasteiger partial charge >= 0.3 is 0 Å². The Morgan fingerprint density at radius 3 is 2.30 bits per heavy atom. The number of benzene rings is 1. The minimum absolute atomic E-state index is 0.103. The van der Waals surface area contributed by atoms with Gasteiger partial charge in [-0.1, -0.05) is 13.8 Å². The number of hydrogen-bond donors (Lipinski definition) is 2. The lowest BCUT2D eigenvalue weighted by atomic mass is 9.94. The van der Waals surface area contributed by atoms with E-state index in [2.05, 4.69) is 19.2 Å². The Morgan fingerprint density at radius 1 is 1.25 bits per heavy atom. The Balaban J connectivity index is 2.00. The molecule has 0 aromatic heterocycles. The van der Waals surface area contributed by atoms with Crippen molar-refractivity contribution in [2.75, 3.05) is 20.3 Å². The van der Waals surface area contributed by atoms with Crippen LogP contribution in [0.4, 0.5) is 0 Å². The fourth-order valence-corrected chi connectivity index (χ4v) is 2.59. The number of aliphatic hydroxyl groups is 1. The summed E-state index contributed by atoms with van der Waals surface area (Å²) in [6.45, 7) is 4.78. The Hall–Kier alpha value is -1.26. The van der Waals surface area contributed by atoms with Crippen molar-refractivity contribution < 1.29 is 14.6 Å². The lowest BCUT2D eigenvalue weighted by Crippen LogP contribution is -2.57. The lowest BCUT2D eigenvalue weighted by molar-refractivity contribution is 0.0778. The van der Waals surface area contributed by atoms with E-state index in [0.717, 1.165) is 24.3 Å². The normalized spacial score (nSPS) is 17.9. The first-order chi connectivity index (χ1) is 9.59. The lowest BCUT2D eigenvalue weighted by Gasteiger charge is -2.35. The van der Waals surface area contributed by atoms with E-state index >= 15 is 0 Å². The maximum Gasteiger partial charge on any atom is 0.119 e. The molecule has 1 fully saturated rings. The molecule has 0 aliphatic heterocycles. The molecule has 20 heavy (non-hydrogen) atoms. The van der Waals surface area contributed by atoms with Crippen LogP contribution in [0.15, 0.2) is 24.3 Å². The van der Waals surface area contributed by atoms with Gasteiger partial charge in [0.1, 0.15) is 18.1 Å². The number of aliphatic hydroxyl groups excluding tert-OH is 1. The van der Waals surface area contributed by atoms with E-state index in [9.17, 15) is 5.11 Å². The van der Waals surface area contributed by atoms with Crippen LogP contribution in [0.2, 0.25) is 0 Å². The zero-order chi connectivity index (χ0) is 14.6. The zero-order valence-electron chi connectivity index (χ0n) is 12.6. The summed E-state index contributed by atoms with van der Waals surface area (Å²) in [6, 6.07) is 7.86. The van der Waals surface area contributed by atoms with Gasteiger partial charge in [0.05, 0.1) is 19.3 Å². The summed E-state index contributed by atoms with van der Waals surface area (Å²) in [6.07, 6.45) is 2.32. The van der Waals surface area contributed by atoms with E-state index in [-0.39, 0.29) is 12.1 Å². The second-order valence-electron chi connectivity index (χ2n) is 5.85. The van der Waals surface area contributed by atoms with Crippen LogP contribution in [0.1, 0.15) is 26.7 Å². The van der Waals surface area contributed by atoms with Crippen molar-refractivity contribution in [1.82, 2.24) is 5.32 Å². The molecule has 0 heterocycles. The van der Waals surface area contributed by atoms with E-state index in [0.29, 0.717) is 18.6 Å². The van der Waals surface area contributed by atoms with Gasteiger partial charge in [0.2, 0.25) is 0 Å². The van der Waals surface area contributed by atoms with Crippen LogP contribution < -0.4 is 14.8 Å². The molecule has 0 amide bonds. The Bertz CT molecular complexity index is 414. The third kappa shape index (κ3) is 3.64. The molecule has 4 heteroatoms. The van der Waals surface area contributed by atoms with Gasteiger partial charge < -0.3 is 19.9 Å². The molecule has 0 saturated heterocycles. The minimum atomic E-state index is -0.325. The molecule has 1 aromatic carbocycles. The Morgan fingerprint density at radius 2 is 1.85 bits per heavy atom. The summed E-state index contributed by atoms with van der Waals surface area (Å²) in [5.74, 6) is 2.12. The van der Waals surface area contributed by atoms with Crippen molar-refractivity contribution in [2.24, 2.45) is 5.92 Å². The molecular weight excluding hydrogens is 254 g/mol. The topological polar surface area (TPSA) is 50.7 Å². The molecule has 1 atom stereocenters. The predicted molar refractivity (Wildman–Crippen MR) is 79.3 cm³/mol. The highest BCUT2D eigenvalue weighted by Crippen LogP contribution is 2.40. The molecule has 1 aromatic rings. The van der Waals surface area contributed by atoms with Gasteiger partial charge in [0.25, 0.3) is 0 Å². The quantitative estimate of drug-likeness (QED) is 0.766. The standard InChI is InChI=1S/C16H25NO3/c1-12(2)17-16(10-18,13-4-5-13)11-20-15-8-6-14(19-3)7-9-15/h6-9,12-13,17-18H,4-5,10-11H2,1-3H3. The highest BCUT2D eigenvalue weighted by atomic mass is 16.5. The van der Waals surface area contributed by atoms with Gasteiger partial charge in [-0.25, -0.2) is 0 Å². The molecule has 2 N–H and O–H groups in total. The van der Waals surface area contributed by atoms with E-state index < -0.39 is 0 Å². The van der Waals surface area contributed by atoms with Crippen LogP contribution in [-0.2, 0) is 0 Å². The van der Waals surface area contributed by atoms with Crippen LogP contribution in [-0.4, -0.2) is 37.0 Å². The molecule has 1 aliphatic carbocycles. The molecule has 1 unspecified atom stereocenters. The summed E-state index contributed by atoms with van der Waals surface area (Å²) in [7, 11) is 1.65. The fraction of sp³-hybridized carbons (Fsp3) is 0.625. The van der Waals surface area contributed by atoms with Crippen LogP contribution in [0.25, 0.3) is 0 Å². The van der Waals surface area contributed by atoms with Crippen LogP contribution in [0.3, 0.4) is 0 Å². The maximum atomic E-state index is 9.83.